The van der Waals surface area contributed by atoms with Crippen LogP contribution in [0, 0.1) is 6.92 Å². The average Bonchev–Trinajstić information content (AvgIpc) is 2.40. The van der Waals surface area contributed by atoms with Crippen LogP contribution in [0.25, 0.3) is 0 Å². The minimum atomic E-state index is 0.451. The molecule has 0 bridgehead atoms. The number of benzene rings is 2. The van der Waals surface area contributed by atoms with Gasteiger partial charge in [-0.15, -0.1) is 0 Å². The van der Waals surface area contributed by atoms with Crippen LogP contribution in [0.3, 0.4) is 0 Å². The highest BCUT2D eigenvalue weighted by molar-refractivity contribution is 9.10. The molecule has 0 fully saturated rings. The molecule has 0 aliphatic rings. The summed E-state index contributed by atoms with van der Waals surface area (Å²) in [4.78, 5) is 2.75. The van der Waals surface area contributed by atoms with Gasteiger partial charge in [-0.25, -0.2) is 0 Å². The van der Waals surface area contributed by atoms with Crippen molar-refractivity contribution in [2.75, 3.05) is 7.05 Å². The van der Waals surface area contributed by atoms with Crippen molar-refractivity contribution in [3.63, 3.8) is 0 Å². The first-order valence-electron chi connectivity index (χ1n) is 6.78. The van der Waals surface area contributed by atoms with Crippen molar-refractivity contribution in [2.45, 2.75) is 20.0 Å². The van der Waals surface area contributed by atoms with Crippen LogP contribution in [0.5, 0.6) is 0 Å². The standard InChI is InChI=1S/C17H19BrN2S/c1-12-8-14(17(19)21)6-7-15(12)11-20(2)10-13-4-3-5-16(18)9-13/h3-9H,10-11H2,1-2H3,(H2,19,21). The largest absolute Gasteiger partial charge is 0.389 e. The van der Waals surface area contributed by atoms with Gasteiger partial charge < -0.3 is 5.73 Å². The first kappa shape index (κ1) is 16.1. The molecule has 0 atom stereocenters. The van der Waals surface area contributed by atoms with Gasteiger partial charge in [0, 0.05) is 23.1 Å². The van der Waals surface area contributed by atoms with Crippen LogP contribution in [0.2, 0.25) is 0 Å². The van der Waals surface area contributed by atoms with Gasteiger partial charge in [0.05, 0.1) is 0 Å². The van der Waals surface area contributed by atoms with Crippen LogP contribution < -0.4 is 5.73 Å². The molecule has 2 rings (SSSR count). The molecule has 4 heteroatoms. The van der Waals surface area contributed by atoms with Gasteiger partial charge in [0.25, 0.3) is 0 Å². The lowest BCUT2D eigenvalue weighted by Gasteiger charge is -2.18. The van der Waals surface area contributed by atoms with E-state index >= 15 is 0 Å². The van der Waals surface area contributed by atoms with Crippen LogP contribution in [0.4, 0.5) is 0 Å². The molecule has 0 saturated heterocycles. The van der Waals surface area contributed by atoms with Gasteiger partial charge in [0.2, 0.25) is 0 Å². The number of halogens is 1. The van der Waals surface area contributed by atoms with Crippen molar-refractivity contribution in [1.29, 1.82) is 0 Å². The number of hydrogen-bond acceptors (Lipinski definition) is 2. The summed E-state index contributed by atoms with van der Waals surface area (Å²) in [5.41, 5.74) is 10.4. The van der Waals surface area contributed by atoms with Crippen LogP contribution in [-0.4, -0.2) is 16.9 Å². The van der Waals surface area contributed by atoms with Gasteiger partial charge in [-0.1, -0.05) is 52.4 Å². The van der Waals surface area contributed by atoms with E-state index in [0.717, 1.165) is 23.1 Å². The molecule has 0 heterocycles. The fourth-order valence-electron chi connectivity index (χ4n) is 2.32. The van der Waals surface area contributed by atoms with Gasteiger partial charge in [-0.3, -0.25) is 4.90 Å². The number of thiocarbonyl (C=S) groups is 1. The van der Waals surface area contributed by atoms with E-state index in [1.165, 1.54) is 16.7 Å². The van der Waals surface area contributed by atoms with E-state index in [0.29, 0.717) is 4.99 Å². The third kappa shape index (κ3) is 4.63. The SMILES string of the molecule is Cc1cc(C(N)=S)ccc1CN(C)Cc1cccc(Br)c1. The van der Waals surface area contributed by atoms with Gasteiger partial charge in [-0.05, 0) is 48.9 Å². The first-order valence-corrected chi connectivity index (χ1v) is 7.98. The summed E-state index contributed by atoms with van der Waals surface area (Å²) in [6.07, 6.45) is 0. The highest BCUT2D eigenvalue weighted by Crippen LogP contribution is 2.16. The summed E-state index contributed by atoms with van der Waals surface area (Å²) >= 11 is 8.52. The van der Waals surface area contributed by atoms with Crippen molar-refractivity contribution in [3.05, 3.63) is 69.2 Å². The Balaban J connectivity index is 2.06. The molecule has 0 amide bonds. The topological polar surface area (TPSA) is 29.3 Å². The monoisotopic (exact) mass is 362 g/mol. The van der Waals surface area contributed by atoms with Crippen molar-refractivity contribution < 1.29 is 0 Å². The molecule has 2 aromatic rings. The second-order valence-corrected chi connectivity index (χ2v) is 6.66. The lowest BCUT2D eigenvalue weighted by molar-refractivity contribution is 0.318. The van der Waals surface area contributed by atoms with E-state index in [1.54, 1.807) is 0 Å². The molecule has 0 aliphatic carbocycles. The molecule has 2 nitrogen and oxygen atoms in total. The minimum Gasteiger partial charge on any atom is -0.389 e. The number of aryl methyl sites for hydroxylation is 1. The zero-order valence-corrected chi connectivity index (χ0v) is 14.7. The Labute approximate surface area is 140 Å². The second-order valence-electron chi connectivity index (χ2n) is 5.31. The maximum atomic E-state index is 5.67. The molecular weight excluding hydrogens is 344 g/mol. The molecule has 0 saturated carbocycles. The Bertz CT molecular complexity index is 655. The zero-order chi connectivity index (χ0) is 15.4. The van der Waals surface area contributed by atoms with Gasteiger partial charge in [0.15, 0.2) is 0 Å². The molecule has 0 unspecified atom stereocenters. The fourth-order valence-corrected chi connectivity index (χ4v) is 2.89. The molecule has 0 spiro atoms. The van der Waals surface area contributed by atoms with E-state index in [4.69, 9.17) is 18.0 Å². The van der Waals surface area contributed by atoms with Gasteiger partial charge >= 0.3 is 0 Å². The van der Waals surface area contributed by atoms with Crippen molar-refractivity contribution in [2.24, 2.45) is 5.73 Å². The molecule has 110 valence electrons. The van der Waals surface area contributed by atoms with E-state index in [9.17, 15) is 0 Å². The summed E-state index contributed by atoms with van der Waals surface area (Å²) in [5, 5.41) is 0. The lowest BCUT2D eigenvalue weighted by atomic mass is 10.0. The smallest absolute Gasteiger partial charge is 0.103 e. The van der Waals surface area contributed by atoms with Gasteiger partial charge in [0.1, 0.15) is 4.99 Å². The Hall–Kier alpha value is -1.23. The Morgan fingerprint density at radius 1 is 1.19 bits per heavy atom. The first-order chi connectivity index (χ1) is 9.95. The quantitative estimate of drug-likeness (QED) is 0.814. The third-order valence-electron chi connectivity index (χ3n) is 3.41. The van der Waals surface area contributed by atoms with Crippen LogP contribution in [0.1, 0.15) is 22.3 Å². The predicted octanol–water partition coefficient (Wildman–Crippen LogP) is 4.02. The molecule has 0 radical (unpaired) electrons. The maximum absolute atomic E-state index is 5.67. The van der Waals surface area contributed by atoms with Gasteiger partial charge in [-0.2, -0.15) is 0 Å². The number of nitrogens with zero attached hydrogens (tertiary/aromatic N) is 1. The number of nitrogens with two attached hydrogens (primary N) is 1. The molecule has 0 aliphatic heterocycles. The van der Waals surface area contributed by atoms with E-state index in [2.05, 4.69) is 65.1 Å². The minimum absolute atomic E-state index is 0.451. The van der Waals surface area contributed by atoms with Crippen molar-refractivity contribution >= 4 is 33.1 Å². The summed E-state index contributed by atoms with van der Waals surface area (Å²) in [7, 11) is 2.13. The van der Waals surface area contributed by atoms with Crippen LogP contribution in [-0.2, 0) is 13.1 Å². The maximum Gasteiger partial charge on any atom is 0.103 e. The average molecular weight is 363 g/mol. The summed E-state index contributed by atoms with van der Waals surface area (Å²) in [6, 6.07) is 14.6. The highest BCUT2D eigenvalue weighted by Gasteiger charge is 2.06. The summed E-state index contributed by atoms with van der Waals surface area (Å²) in [5.74, 6) is 0. The molecule has 2 aromatic carbocycles. The Kier molecular flexibility index (Phi) is 5.51. The summed E-state index contributed by atoms with van der Waals surface area (Å²) < 4.78 is 1.12. The molecule has 2 N–H and O–H groups in total. The van der Waals surface area contributed by atoms with Crippen LogP contribution in [0.15, 0.2) is 46.9 Å². The Morgan fingerprint density at radius 2 is 1.95 bits per heavy atom. The van der Waals surface area contributed by atoms with E-state index in [1.807, 2.05) is 12.1 Å². The Morgan fingerprint density at radius 3 is 2.57 bits per heavy atom. The summed E-state index contributed by atoms with van der Waals surface area (Å²) in [6.45, 7) is 3.91. The van der Waals surface area contributed by atoms with Crippen molar-refractivity contribution in [3.8, 4) is 0 Å². The third-order valence-corrected chi connectivity index (χ3v) is 4.14. The predicted molar refractivity (Wildman–Crippen MR) is 96.4 cm³/mol. The van der Waals surface area contributed by atoms with E-state index in [-0.39, 0.29) is 0 Å². The fraction of sp³-hybridized carbons (Fsp3) is 0.235. The number of hydrogen-bond donors (Lipinski definition) is 1. The second kappa shape index (κ2) is 7.16. The van der Waals surface area contributed by atoms with E-state index < -0.39 is 0 Å². The zero-order valence-electron chi connectivity index (χ0n) is 12.3. The highest BCUT2D eigenvalue weighted by atomic mass is 79.9. The molecular formula is C17H19BrN2S. The lowest BCUT2D eigenvalue weighted by Crippen LogP contribution is -2.18. The normalized spacial score (nSPS) is 10.9. The molecule has 21 heavy (non-hydrogen) atoms. The molecule has 0 aromatic heterocycles. The van der Waals surface area contributed by atoms with Crippen molar-refractivity contribution in [1.82, 2.24) is 4.90 Å². The van der Waals surface area contributed by atoms with Crippen LogP contribution >= 0.6 is 28.1 Å². The number of rotatable bonds is 5.